The maximum absolute atomic E-state index is 11.5. The summed E-state index contributed by atoms with van der Waals surface area (Å²) in [5.41, 5.74) is 1.15. The number of hydrogen-bond acceptors (Lipinski definition) is 3. The topological polar surface area (TPSA) is 66.9 Å². The van der Waals surface area contributed by atoms with Crippen LogP contribution < -0.4 is 16.6 Å². The van der Waals surface area contributed by atoms with Gasteiger partial charge in [-0.2, -0.15) is 0 Å². The number of aryl methyl sites for hydroxylation is 1. The Morgan fingerprint density at radius 2 is 1.95 bits per heavy atom. The van der Waals surface area contributed by atoms with Crippen LogP contribution in [0.1, 0.15) is 5.56 Å². The van der Waals surface area contributed by atoms with E-state index in [1.165, 1.54) is 16.3 Å². The van der Waals surface area contributed by atoms with Gasteiger partial charge in [0.2, 0.25) is 0 Å². The number of nitrogens with zero attached hydrogens (tertiary/aromatic N) is 1. The summed E-state index contributed by atoms with van der Waals surface area (Å²) in [6, 6.07) is 7.95. The van der Waals surface area contributed by atoms with Crippen LogP contribution in [0.4, 0.5) is 5.69 Å². The molecule has 0 saturated carbocycles. The molecule has 0 spiro atoms. The molecule has 1 heterocycles. The third kappa shape index (κ3) is 3.48. The van der Waals surface area contributed by atoms with E-state index in [4.69, 9.17) is 11.6 Å². The van der Waals surface area contributed by atoms with Crippen LogP contribution in [0, 0.1) is 6.92 Å². The van der Waals surface area contributed by atoms with Gasteiger partial charge in [0.25, 0.3) is 5.56 Å². The first-order valence-corrected chi connectivity index (χ1v) is 6.24. The molecule has 2 rings (SSSR count). The Hall–Kier alpha value is -2.01. The summed E-state index contributed by atoms with van der Waals surface area (Å²) in [4.78, 5) is 24.8. The fourth-order valence-electron chi connectivity index (χ4n) is 1.64. The number of hydrogen-bond donors (Lipinski definition) is 2. The van der Waals surface area contributed by atoms with Gasteiger partial charge >= 0.3 is 5.69 Å². The highest BCUT2D eigenvalue weighted by atomic mass is 35.5. The Morgan fingerprint density at radius 1 is 1.26 bits per heavy atom. The molecule has 0 bridgehead atoms. The second-order valence-corrected chi connectivity index (χ2v) is 4.63. The molecule has 2 aromatic rings. The molecule has 0 unspecified atom stereocenters. The van der Waals surface area contributed by atoms with Crippen molar-refractivity contribution >= 4 is 17.3 Å². The summed E-state index contributed by atoms with van der Waals surface area (Å²) in [7, 11) is 0. The van der Waals surface area contributed by atoms with Crippen molar-refractivity contribution in [2.45, 2.75) is 13.5 Å². The Balaban J connectivity index is 2.00. The molecule has 0 aliphatic carbocycles. The van der Waals surface area contributed by atoms with Gasteiger partial charge in [-0.1, -0.05) is 29.3 Å². The third-order valence-corrected chi connectivity index (χ3v) is 2.97. The molecule has 6 heteroatoms. The zero-order valence-corrected chi connectivity index (χ0v) is 11.2. The summed E-state index contributed by atoms with van der Waals surface area (Å²) in [6.45, 7) is 3.00. The number of aromatic nitrogens is 2. The van der Waals surface area contributed by atoms with Crippen molar-refractivity contribution in [1.82, 2.24) is 9.55 Å². The van der Waals surface area contributed by atoms with Crippen LogP contribution in [-0.4, -0.2) is 16.1 Å². The molecule has 19 heavy (non-hydrogen) atoms. The number of halogens is 1. The second kappa shape index (κ2) is 5.75. The monoisotopic (exact) mass is 279 g/mol. The molecule has 0 radical (unpaired) electrons. The van der Waals surface area contributed by atoms with Crippen molar-refractivity contribution in [3.05, 3.63) is 61.9 Å². The van der Waals surface area contributed by atoms with Crippen molar-refractivity contribution in [1.29, 1.82) is 0 Å². The van der Waals surface area contributed by atoms with Crippen LogP contribution >= 0.6 is 11.6 Å². The van der Waals surface area contributed by atoms with Crippen LogP contribution in [0.15, 0.2) is 40.1 Å². The fraction of sp³-hybridized carbons (Fsp3) is 0.231. The van der Waals surface area contributed by atoms with Gasteiger partial charge in [0.05, 0.1) is 0 Å². The molecular formula is C13H14ClN3O2. The van der Waals surface area contributed by atoms with E-state index in [-0.39, 0.29) is 5.02 Å². The SMILES string of the molecule is Cc1ccc(NCCn2cc(Cl)c(=O)[nH]c2=O)cc1. The average molecular weight is 280 g/mol. The first-order valence-electron chi connectivity index (χ1n) is 5.86. The molecule has 0 saturated heterocycles. The number of nitrogens with one attached hydrogen (secondary N) is 2. The quantitative estimate of drug-likeness (QED) is 0.893. The fourth-order valence-corrected chi connectivity index (χ4v) is 1.81. The van der Waals surface area contributed by atoms with Gasteiger partial charge in [-0.05, 0) is 19.1 Å². The van der Waals surface area contributed by atoms with Crippen LogP contribution in [0.2, 0.25) is 5.02 Å². The Kier molecular flexibility index (Phi) is 4.06. The zero-order valence-electron chi connectivity index (χ0n) is 10.4. The van der Waals surface area contributed by atoms with E-state index in [1.807, 2.05) is 31.2 Å². The maximum Gasteiger partial charge on any atom is 0.328 e. The van der Waals surface area contributed by atoms with Crippen molar-refractivity contribution in [3.8, 4) is 0 Å². The summed E-state index contributed by atoms with van der Waals surface area (Å²) >= 11 is 5.68. The largest absolute Gasteiger partial charge is 0.383 e. The molecule has 1 aromatic carbocycles. The number of aromatic amines is 1. The number of rotatable bonds is 4. The standard InChI is InChI=1S/C13H14ClN3O2/c1-9-2-4-10(5-3-9)15-6-7-17-8-11(14)12(18)16-13(17)19/h2-5,8,15H,6-7H2,1H3,(H,16,18,19). The summed E-state index contributed by atoms with van der Waals surface area (Å²) in [6.07, 6.45) is 1.35. The van der Waals surface area contributed by atoms with Gasteiger partial charge in [-0.25, -0.2) is 4.79 Å². The van der Waals surface area contributed by atoms with E-state index < -0.39 is 11.2 Å². The molecule has 0 aliphatic rings. The number of anilines is 1. The predicted octanol–water partition coefficient (Wildman–Crippen LogP) is 1.61. The lowest BCUT2D eigenvalue weighted by atomic mass is 10.2. The van der Waals surface area contributed by atoms with E-state index in [0.717, 1.165) is 5.69 Å². The van der Waals surface area contributed by atoms with E-state index in [9.17, 15) is 9.59 Å². The lowest BCUT2D eigenvalue weighted by molar-refractivity contribution is 0.669. The lowest BCUT2D eigenvalue weighted by Gasteiger charge is -2.08. The van der Waals surface area contributed by atoms with Crippen molar-refractivity contribution in [3.63, 3.8) is 0 Å². The van der Waals surface area contributed by atoms with Gasteiger partial charge < -0.3 is 5.32 Å². The Labute approximate surface area is 114 Å². The average Bonchev–Trinajstić information content (AvgIpc) is 2.38. The highest BCUT2D eigenvalue weighted by Crippen LogP contribution is 2.07. The highest BCUT2D eigenvalue weighted by Gasteiger charge is 2.01. The van der Waals surface area contributed by atoms with Gasteiger partial charge in [-0.3, -0.25) is 14.3 Å². The van der Waals surface area contributed by atoms with Crippen LogP contribution in [0.25, 0.3) is 0 Å². The summed E-state index contributed by atoms with van der Waals surface area (Å²) < 4.78 is 1.37. The molecule has 0 fully saturated rings. The predicted molar refractivity (Wildman–Crippen MR) is 76.0 cm³/mol. The molecule has 1 aromatic heterocycles. The van der Waals surface area contributed by atoms with Crippen molar-refractivity contribution in [2.24, 2.45) is 0 Å². The summed E-state index contributed by atoms with van der Waals surface area (Å²) in [5, 5.41) is 3.20. The van der Waals surface area contributed by atoms with Crippen LogP contribution in [-0.2, 0) is 6.54 Å². The molecule has 5 nitrogen and oxygen atoms in total. The van der Waals surface area contributed by atoms with E-state index in [0.29, 0.717) is 13.1 Å². The third-order valence-electron chi connectivity index (χ3n) is 2.70. The van der Waals surface area contributed by atoms with Gasteiger partial charge in [0.15, 0.2) is 0 Å². The van der Waals surface area contributed by atoms with Crippen LogP contribution in [0.3, 0.4) is 0 Å². The number of benzene rings is 1. The Bertz CT molecular complexity index is 674. The van der Waals surface area contributed by atoms with Crippen molar-refractivity contribution < 1.29 is 0 Å². The number of H-pyrrole nitrogens is 1. The van der Waals surface area contributed by atoms with Gasteiger partial charge in [-0.15, -0.1) is 0 Å². The smallest absolute Gasteiger partial charge is 0.328 e. The van der Waals surface area contributed by atoms with Crippen molar-refractivity contribution in [2.75, 3.05) is 11.9 Å². The minimum absolute atomic E-state index is 0.00920. The van der Waals surface area contributed by atoms with Crippen LogP contribution in [0.5, 0.6) is 0 Å². The zero-order chi connectivity index (χ0) is 13.8. The molecule has 100 valence electrons. The molecule has 0 amide bonds. The van der Waals surface area contributed by atoms with Gasteiger partial charge in [0.1, 0.15) is 5.02 Å². The van der Waals surface area contributed by atoms with Gasteiger partial charge in [0, 0.05) is 25.0 Å². The van der Waals surface area contributed by atoms with E-state index in [1.54, 1.807) is 0 Å². The Morgan fingerprint density at radius 3 is 2.63 bits per heavy atom. The molecule has 0 atom stereocenters. The molecule has 2 N–H and O–H groups in total. The van der Waals surface area contributed by atoms with E-state index in [2.05, 4.69) is 10.3 Å². The first-order chi connectivity index (χ1) is 9.06. The highest BCUT2D eigenvalue weighted by molar-refractivity contribution is 6.30. The normalized spacial score (nSPS) is 10.4. The van der Waals surface area contributed by atoms with E-state index >= 15 is 0 Å². The summed E-state index contributed by atoms with van der Waals surface area (Å²) in [5.74, 6) is 0. The second-order valence-electron chi connectivity index (χ2n) is 4.22. The molecular weight excluding hydrogens is 266 g/mol. The lowest BCUT2D eigenvalue weighted by Crippen LogP contribution is -2.31. The molecule has 0 aliphatic heterocycles. The minimum Gasteiger partial charge on any atom is -0.383 e. The first kappa shape index (κ1) is 13.4. The maximum atomic E-state index is 11.5. The minimum atomic E-state index is -0.561.